The van der Waals surface area contributed by atoms with Gasteiger partial charge in [-0.1, -0.05) is 24.3 Å². The quantitative estimate of drug-likeness (QED) is 0.274. The normalized spacial score (nSPS) is 20.0. The van der Waals surface area contributed by atoms with Gasteiger partial charge in [0.05, 0.1) is 53.2 Å². The summed E-state index contributed by atoms with van der Waals surface area (Å²) in [5, 5.41) is 15.4. The highest BCUT2D eigenvalue weighted by atomic mass is 19.1. The predicted octanol–water partition coefficient (Wildman–Crippen LogP) is 3.68. The Hall–Kier alpha value is -4.49. The Kier molecular flexibility index (Phi) is 7.07. The van der Waals surface area contributed by atoms with E-state index >= 15 is 4.39 Å². The molecule has 42 heavy (non-hydrogen) atoms. The zero-order chi connectivity index (χ0) is 29.7. The number of aliphatic hydroxyl groups is 1. The number of H-pyrrole nitrogens is 1. The van der Waals surface area contributed by atoms with Crippen LogP contribution in [0.1, 0.15) is 43.4 Å². The fourth-order valence-electron chi connectivity index (χ4n) is 6.13. The highest BCUT2D eigenvalue weighted by molar-refractivity contribution is 6.14. The molecule has 13 heteroatoms. The summed E-state index contributed by atoms with van der Waals surface area (Å²) >= 11 is 0. The number of primary amides is 1. The lowest BCUT2D eigenvalue weighted by Gasteiger charge is -2.16. The monoisotopic (exact) mass is 577 g/mol. The fraction of sp³-hybridized carbons (Fsp3) is 0.379. The van der Waals surface area contributed by atoms with Gasteiger partial charge in [-0.25, -0.2) is 14.6 Å². The second-order valence-electron chi connectivity index (χ2n) is 10.7. The van der Waals surface area contributed by atoms with E-state index in [9.17, 15) is 14.7 Å². The molecule has 4 bridgehead atoms. The number of nitrogens with two attached hydrogens (primary N) is 1. The summed E-state index contributed by atoms with van der Waals surface area (Å²) < 4.78 is 30.0. The van der Waals surface area contributed by atoms with E-state index in [1.54, 1.807) is 31.1 Å². The molecule has 5 aromatic rings. The number of fused-ring (bicyclic) bond motifs is 5. The maximum Gasteiger partial charge on any atom is 0.404 e. The molecular formula is C29H32FN7O5. The van der Waals surface area contributed by atoms with E-state index < -0.39 is 18.1 Å². The predicted molar refractivity (Wildman–Crippen MR) is 153 cm³/mol. The van der Waals surface area contributed by atoms with E-state index in [4.69, 9.17) is 4.74 Å². The Morgan fingerprint density at radius 1 is 1.21 bits per heavy atom. The van der Waals surface area contributed by atoms with Crippen LogP contribution in [0.5, 0.6) is 0 Å². The Bertz CT molecular complexity index is 1850. The lowest BCUT2D eigenvalue weighted by molar-refractivity contribution is 0.0300. The van der Waals surface area contributed by atoms with Crippen molar-refractivity contribution in [3.8, 4) is 22.4 Å². The van der Waals surface area contributed by atoms with Crippen molar-refractivity contribution in [2.45, 2.75) is 43.9 Å². The summed E-state index contributed by atoms with van der Waals surface area (Å²) in [5.74, 6) is -0.592. The first-order valence-electron chi connectivity index (χ1n) is 13.7. The average molecular weight is 578 g/mol. The highest BCUT2D eigenvalue weighted by Crippen LogP contribution is 2.43. The molecule has 2 aliphatic heterocycles. The van der Waals surface area contributed by atoms with Crippen LogP contribution in [0, 0.1) is 5.95 Å². The SMILES string of the molecule is COC(N)=O.Cn1cc(-c2[nH]c3ncc4c5c3c2-c2ccc(cc2)C(O)CCO[C@H]2CCC(C2)n5c(=O)n4C)c(F)n1. The number of ether oxygens (including phenoxy) is 2. The van der Waals surface area contributed by atoms with Crippen LogP contribution < -0.4 is 11.4 Å². The number of hydrogen-bond acceptors (Lipinski definition) is 7. The molecule has 1 fully saturated rings. The first-order chi connectivity index (χ1) is 20.2. The van der Waals surface area contributed by atoms with Crippen LogP contribution in [0.4, 0.5) is 9.18 Å². The second kappa shape index (κ2) is 10.7. The molecular weight excluding hydrogens is 545 g/mol. The number of carbonyl (C=O) groups excluding carboxylic acids is 1. The first kappa shape index (κ1) is 27.7. The van der Waals surface area contributed by atoms with Crippen LogP contribution in [0.3, 0.4) is 0 Å². The summed E-state index contributed by atoms with van der Waals surface area (Å²) in [5.41, 5.74) is 9.64. The lowest BCUT2D eigenvalue weighted by Crippen LogP contribution is -2.25. The number of aromatic amines is 1. The van der Waals surface area contributed by atoms with Gasteiger partial charge in [0, 0.05) is 44.9 Å². The molecule has 1 amide bonds. The number of methoxy groups -OCH3 is 1. The van der Waals surface area contributed by atoms with E-state index in [0.717, 1.165) is 46.0 Å². The number of aliphatic hydroxyl groups excluding tert-OH is 1. The molecule has 3 atom stereocenters. The van der Waals surface area contributed by atoms with Crippen LogP contribution in [0.2, 0.25) is 0 Å². The van der Waals surface area contributed by atoms with Gasteiger partial charge in [0.1, 0.15) is 5.65 Å². The minimum absolute atomic E-state index is 0.0225. The summed E-state index contributed by atoms with van der Waals surface area (Å²) in [7, 11) is 4.67. The van der Waals surface area contributed by atoms with E-state index in [1.165, 1.54) is 11.8 Å². The molecule has 220 valence electrons. The van der Waals surface area contributed by atoms with E-state index in [0.29, 0.717) is 36.4 Å². The molecule has 0 radical (unpaired) electrons. The minimum atomic E-state index is -0.745. The van der Waals surface area contributed by atoms with Gasteiger partial charge in [0.25, 0.3) is 0 Å². The molecule has 0 saturated heterocycles. The molecule has 3 aliphatic rings. The summed E-state index contributed by atoms with van der Waals surface area (Å²) in [6.45, 7) is 0.448. The van der Waals surface area contributed by atoms with Crippen LogP contribution >= 0.6 is 0 Å². The number of aryl methyl sites for hydroxylation is 2. The minimum Gasteiger partial charge on any atom is -0.453 e. The standard InChI is InChI=1S/C27H27FN6O3.C2H5NO2/c1-32-13-18(25(28)31-32)23-21-15-5-3-14(4-6-15)20(35)9-10-37-17-8-7-16(11-17)34-24-19(33(2)27(34)36)12-29-26(30-23)22(21)24;1-5-2(3)4/h3-6,12-13,16-17,20,35H,7-11H2,1-2H3,(H,29,30);1H3,(H2,3,4)/t16?,17-,20?;/m0./s1. The van der Waals surface area contributed by atoms with Gasteiger partial charge in [0.2, 0.25) is 5.95 Å². The number of hydrogen-bond donors (Lipinski definition) is 3. The van der Waals surface area contributed by atoms with Crippen LogP contribution in [-0.2, 0) is 23.6 Å². The lowest BCUT2D eigenvalue weighted by atomic mass is 9.97. The van der Waals surface area contributed by atoms with Crippen molar-refractivity contribution in [1.82, 2.24) is 28.9 Å². The van der Waals surface area contributed by atoms with E-state index in [-0.39, 0.29) is 17.8 Å². The molecule has 8 rings (SSSR count). The fourth-order valence-corrected chi connectivity index (χ4v) is 6.13. The van der Waals surface area contributed by atoms with Gasteiger partial charge < -0.3 is 25.3 Å². The largest absolute Gasteiger partial charge is 0.453 e. The van der Waals surface area contributed by atoms with Gasteiger partial charge in [-0.15, -0.1) is 5.10 Å². The molecule has 4 N–H and O–H groups in total. The Labute approximate surface area is 239 Å². The number of imidazole rings is 1. The number of benzene rings is 1. The highest BCUT2D eigenvalue weighted by Gasteiger charge is 2.32. The number of nitrogens with one attached hydrogen (secondary N) is 1. The Balaban J connectivity index is 0.000000585. The number of rotatable bonds is 1. The maximum atomic E-state index is 15.0. The Morgan fingerprint density at radius 3 is 2.62 bits per heavy atom. The van der Waals surface area contributed by atoms with Crippen molar-refractivity contribution in [3.05, 3.63) is 58.7 Å². The molecule has 4 aromatic heterocycles. The van der Waals surface area contributed by atoms with Crippen molar-refractivity contribution >= 4 is 28.2 Å². The first-order valence-corrected chi connectivity index (χ1v) is 13.7. The molecule has 1 aliphatic carbocycles. The molecule has 12 nitrogen and oxygen atoms in total. The number of carbonyl (C=O) groups is 1. The van der Waals surface area contributed by atoms with Crippen molar-refractivity contribution < 1.29 is 23.8 Å². The van der Waals surface area contributed by atoms with Gasteiger partial charge in [-0.2, -0.15) is 4.39 Å². The molecule has 1 aromatic carbocycles. The maximum absolute atomic E-state index is 15.0. The summed E-state index contributed by atoms with van der Waals surface area (Å²) in [6, 6.07) is 7.59. The topological polar surface area (TPSA) is 155 Å². The number of nitrogens with zero attached hydrogens (tertiary/aromatic N) is 5. The van der Waals surface area contributed by atoms with Gasteiger partial charge in [0.15, 0.2) is 0 Å². The second-order valence-corrected chi connectivity index (χ2v) is 10.7. The molecule has 1 saturated carbocycles. The van der Waals surface area contributed by atoms with E-state index in [2.05, 4.69) is 25.5 Å². The third-order valence-corrected chi connectivity index (χ3v) is 8.18. The van der Waals surface area contributed by atoms with Crippen LogP contribution in [-0.4, -0.2) is 59.9 Å². The summed E-state index contributed by atoms with van der Waals surface area (Å²) in [4.78, 5) is 31.0. The number of amides is 1. The van der Waals surface area contributed by atoms with Crippen molar-refractivity contribution in [2.75, 3.05) is 13.7 Å². The smallest absolute Gasteiger partial charge is 0.404 e. The third kappa shape index (κ3) is 4.64. The van der Waals surface area contributed by atoms with Gasteiger partial charge in [-0.05, 0) is 30.4 Å². The molecule has 2 unspecified atom stereocenters. The third-order valence-electron chi connectivity index (χ3n) is 8.18. The number of halogens is 1. The Morgan fingerprint density at radius 2 is 1.95 bits per heavy atom. The van der Waals surface area contributed by atoms with Crippen LogP contribution in [0.25, 0.3) is 44.5 Å². The van der Waals surface area contributed by atoms with Crippen molar-refractivity contribution in [2.24, 2.45) is 19.8 Å². The van der Waals surface area contributed by atoms with Crippen molar-refractivity contribution in [1.29, 1.82) is 0 Å². The number of pyridine rings is 1. The van der Waals surface area contributed by atoms with E-state index in [1.807, 2.05) is 28.8 Å². The average Bonchev–Trinajstić information content (AvgIpc) is 3.73. The summed E-state index contributed by atoms with van der Waals surface area (Å²) in [6.07, 6.45) is 4.83. The van der Waals surface area contributed by atoms with Gasteiger partial charge in [-0.3, -0.25) is 13.8 Å². The zero-order valence-electron chi connectivity index (χ0n) is 23.5. The molecule has 6 heterocycles. The zero-order valence-corrected chi connectivity index (χ0v) is 23.5. The van der Waals surface area contributed by atoms with Crippen LogP contribution in [0.15, 0.2) is 41.5 Å². The van der Waals surface area contributed by atoms with Crippen molar-refractivity contribution in [3.63, 3.8) is 0 Å². The molecule has 0 spiro atoms. The van der Waals surface area contributed by atoms with Gasteiger partial charge >= 0.3 is 11.8 Å². The number of aromatic nitrogens is 6.